The van der Waals surface area contributed by atoms with Crippen LogP contribution in [0.1, 0.15) is 32.1 Å². The lowest BCUT2D eigenvalue weighted by atomic mass is 9.79. The molecule has 2 fully saturated rings. The van der Waals surface area contributed by atoms with Crippen LogP contribution in [0.3, 0.4) is 0 Å². The minimum Gasteiger partial charge on any atom is -0.480 e. The van der Waals surface area contributed by atoms with Gasteiger partial charge in [-0.3, -0.25) is 9.69 Å². The molecule has 98 valence electrons. The lowest BCUT2D eigenvalue weighted by Crippen LogP contribution is -2.55. The molecule has 5 nitrogen and oxygen atoms in total. The van der Waals surface area contributed by atoms with Crippen molar-refractivity contribution in [1.82, 2.24) is 4.90 Å². The number of methoxy groups -OCH3 is 1. The Morgan fingerprint density at radius 1 is 1.53 bits per heavy atom. The smallest absolute Gasteiger partial charge is 0.323 e. The number of aliphatic carboxylic acids is 1. The van der Waals surface area contributed by atoms with Crippen LogP contribution in [0.4, 0.5) is 0 Å². The van der Waals surface area contributed by atoms with Gasteiger partial charge in [0.15, 0.2) is 0 Å². The van der Waals surface area contributed by atoms with Gasteiger partial charge < -0.3 is 15.6 Å². The van der Waals surface area contributed by atoms with E-state index in [4.69, 9.17) is 10.5 Å². The summed E-state index contributed by atoms with van der Waals surface area (Å²) in [4.78, 5) is 13.5. The van der Waals surface area contributed by atoms with E-state index in [1.165, 1.54) is 0 Å². The fourth-order valence-electron chi connectivity index (χ4n) is 3.06. The molecule has 3 atom stereocenters. The van der Waals surface area contributed by atoms with Crippen LogP contribution in [0.5, 0.6) is 0 Å². The molecule has 2 aliphatic rings. The maximum absolute atomic E-state index is 11.2. The van der Waals surface area contributed by atoms with Crippen LogP contribution in [-0.4, -0.2) is 53.9 Å². The molecule has 1 aliphatic carbocycles. The predicted molar refractivity (Wildman–Crippen MR) is 63.8 cm³/mol. The second-order valence-corrected chi connectivity index (χ2v) is 5.35. The number of nitrogens with two attached hydrogens (primary N) is 1. The van der Waals surface area contributed by atoms with Gasteiger partial charge >= 0.3 is 5.97 Å². The maximum atomic E-state index is 11.2. The molecule has 1 aliphatic heterocycles. The Morgan fingerprint density at radius 2 is 2.29 bits per heavy atom. The molecule has 0 amide bonds. The Kier molecular flexibility index (Phi) is 3.70. The second-order valence-electron chi connectivity index (χ2n) is 5.35. The molecule has 17 heavy (non-hydrogen) atoms. The molecule has 0 bridgehead atoms. The molecule has 0 radical (unpaired) electrons. The summed E-state index contributed by atoms with van der Waals surface area (Å²) in [5.41, 5.74) is 4.95. The summed E-state index contributed by atoms with van der Waals surface area (Å²) in [7, 11) is 1.74. The van der Waals surface area contributed by atoms with Crippen molar-refractivity contribution in [2.45, 2.75) is 49.8 Å². The van der Waals surface area contributed by atoms with Crippen molar-refractivity contribution in [2.24, 2.45) is 5.73 Å². The average Bonchev–Trinajstić information content (AvgIpc) is 2.77. The van der Waals surface area contributed by atoms with Gasteiger partial charge in [-0.05, 0) is 32.1 Å². The third-order valence-corrected chi connectivity index (χ3v) is 4.21. The Hall–Kier alpha value is -0.650. The first kappa shape index (κ1) is 12.8. The summed E-state index contributed by atoms with van der Waals surface area (Å²) in [5, 5.41) is 9.19. The van der Waals surface area contributed by atoms with E-state index < -0.39 is 11.5 Å². The van der Waals surface area contributed by atoms with Gasteiger partial charge in [0.2, 0.25) is 0 Å². The standard InChI is InChI=1S/C12H22N2O3/c1-17-10-4-6-14(8-10)9-3-2-5-12(13,7-9)11(15)16/h9-10H,2-8,13H2,1H3,(H,15,16). The Balaban J connectivity index is 1.96. The molecule has 1 saturated heterocycles. The van der Waals surface area contributed by atoms with E-state index >= 15 is 0 Å². The molecule has 3 N–H and O–H groups in total. The second kappa shape index (κ2) is 4.92. The van der Waals surface area contributed by atoms with Gasteiger partial charge in [-0.15, -0.1) is 0 Å². The summed E-state index contributed by atoms with van der Waals surface area (Å²) < 4.78 is 5.34. The van der Waals surface area contributed by atoms with E-state index in [0.717, 1.165) is 32.4 Å². The SMILES string of the molecule is COC1CCN(C2CCCC(N)(C(=O)O)C2)C1. The van der Waals surface area contributed by atoms with E-state index in [1.807, 2.05) is 0 Å². The highest BCUT2D eigenvalue weighted by Crippen LogP contribution is 2.31. The zero-order valence-corrected chi connectivity index (χ0v) is 10.4. The number of ether oxygens (including phenoxy) is 1. The van der Waals surface area contributed by atoms with Crippen LogP contribution in [-0.2, 0) is 9.53 Å². The lowest BCUT2D eigenvalue weighted by molar-refractivity contribution is -0.145. The molecule has 0 spiro atoms. The first-order valence-electron chi connectivity index (χ1n) is 6.34. The number of hydrogen-bond acceptors (Lipinski definition) is 4. The van der Waals surface area contributed by atoms with Crippen molar-refractivity contribution in [3.63, 3.8) is 0 Å². The van der Waals surface area contributed by atoms with Crippen molar-refractivity contribution in [1.29, 1.82) is 0 Å². The summed E-state index contributed by atoms with van der Waals surface area (Å²) in [6.07, 6.45) is 4.47. The molecule has 3 unspecified atom stereocenters. The number of hydrogen-bond donors (Lipinski definition) is 2. The van der Waals surface area contributed by atoms with E-state index in [0.29, 0.717) is 25.0 Å². The lowest BCUT2D eigenvalue weighted by Gasteiger charge is -2.39. The van der Waals surface area contributed by atoms with Gasteiger partial charge in [-0.1, -0.05) is 0 Å². The molecule has 0 aromatic carbocycles. The largest absolute Gasteiger partial charge is 0.480 e. The minimum atomic E-state index is -1.02. The third kappa shape index (κ3) is 2.61. The summed E-state index contributed by atoms with van der Waals surface area (Å²) in [6.45, 7) is 1.91. The van der Waals surface area contributed by atoms with Crippen LogP contribution >= 0.6 is 0 Å². The van der Waals surface area contributed by atoms with Crippen LogP contribution < -0.4 is 5.73 Å². The van der Waals surface area contributed by atoms with Gasteiger partial charge in [-0.2, -0.15) is 0 Å². The fourth-order valence-corrected chi connectivity index (χ4v) is 3.06. The number of carboxylic acid groups (broad SMARTS) is 1. The van der Waals surface area contributed by atoms with Gasteiger partial charge in [0.05, 0.1) is 6.10 Å². The number of nitrogens with zero attached hydrogens (tertiary/aromatic N) is 1. The van der Waals surface area contributed by atoms with Gasteiger partial charge in [0.25, 0.3) is 0 Å². The molecule has 1 saturated carbocycles. The third-order valence-electron chi connectivity index (χ3n) is 4.21. The highest BCUT2D eigenvalue weighted by molar-refractivity contribution is 5.78. The van der Waals surface area contributed by atoms with E-state index in [-0.39, 0.29) is 0 Å². The first-order chi connectivity index (χ1) is 8.05. The van der Waals surface area contributed by atoms with Crippen molar-refractivity contribution in [3.8, 4) is 0 Å². The Bertz CT molecular complexity index is 297. The topological polar surface area (TPSA) is 75.8 Å². The van der Waals surface area contributed by atoms with Crippen LogP contribution in [0, 0.1) is 0 Å². The zero-order valence-electron chi connectivity index (χ0n) is 10.4. The van der Waals surface area contributed by atoms with Crippen molar-refractivity contribution in [2.75, 3.05) is 20.2 Å². The van der Waals surface area contributed by atoms with Crippen molar-refractivity contribution < 1.29 is 14.6 Å². The molecule has 0 aromatic rings. The number of likely N-dealkylation sites (tertiary alicyclic amines) is 1. The minimum absolute atomic E-state index is 0.300. The molecule has 1 heterocycles. The molecular weight excluding hydrogens is 220 g/mol. The fraction of sp³-hybridized carbons (Fsp3) is 0.917. The van der Waals surface area contributed by atoms with E-state index in [1.54, 1.807) is 7.11 Å². The molecular formula is C12H22N2O3. The average molecular weight is 242 g/mol. The summed E-state index contributed by atoms with van der Waals surface area (Å²) in [5.74, 6) is -0.857. The summed E-state index contributed by atoms with van der Waals surface area (Å²) in [6, 6.07) is 0.310. The van der Waals surface area contributed by atoms with Gasteiger partial charge in [0, 0.05) is 26.2 Å². The van der Waals surface area contributed by atoms with Gasteiger partial charge in [-0.25, -0.2) is 0 Å². The van der Waals surface area contributed by atoms with Crippen molar-refractivity contribution in [3.05, 3.63) is 0 Å². The highest BCUT2D eigenvalue weighted by Gasteiger charge is 2.42. The zero-order chi connectivity index (χ0) is 12.5. The number of rotatable bonds is 3. The normalized spacial score (nSPS) is 39.4. The molecule has 2 rings (SSSR count). The van der Waals surface area contributed by atoms with Gasteiger partial charge in [0.1, 0.15) is 5.54 Å². The summed E-state index contributed by atoms with van der Waals surface area (Å²) >= 11 is 0. The van der Waals surface area contributed by atoms with E-state index in [9.17, 15) is 9.90 Å². The van der Waals surface area contributed by atoms with E-state index in [2.05, 4.69) is 4.90 Å². The van der Waals surface area contributed by atoms with Crippen LogP contribution in [0.25, 0.3) is 0 Å². The number of carbonyl (C=O) groups is 1. The van der Waals surface area contributed by atoms with Crippen molar-refractivity contribution >= 4 is 5.97 Å². The first-order valence-corrected chi connectivity index (χ1v) is 6.34. The Morgan fingerprint density at radius 3 is 2.88 bits per heavy atom. The predicted octanol–water partition coefficient (Wildman–Crippen LogP) is 0.432. The quantitative estimate of drug-likeness (QED) is 0.750. The van der Waals surface area contributed by atoms with Crippen LogP contribution in [0.2, 0.25) is 0 Å². The Labute approximate surface area is 102 Å². The monoisotopic (exact) mass is 242 g/mol. The molecule has 0 aromatic heterocycles. The maximum Gasteiger partial charge on any atom is 0.323 e. The number of carboxylic acids is 1. The highest BCUT2D eigenvalue weighted by atomic mass is 16.5. The van der Waals surface area contributed by atoms with Crippen LogP contribution in [0.15, 0.2) is 0 Å². The molecule has 5 heteroatoms.